The molecule has 0 unspecified atom stereocenters. The van der Waals surface area contributed by atoms with Crippen LogP contribution >= 0.6 is 23.4 Å². The second kappa shape index (κ2) is 5.98. The fourth-order valence-electron chi connectivity index (χ4n) is 2.04. The van der Waals surface area contributed by atoms with Crippen LogP contribution in [0.1, 0.15) is 11.6 Å². The van der Waals surface area contributed by atoms with E-state index in [2.05, 4.69) is 20.2 Å². The summed E-state index contributed by atoms with van der Waals surface area (Å²) in [5.41, 5.74) is 6.98. The number of halogens is 1. The maximum atomic E-state index is 11.1. The Balaban J connectivity index is 1.78. The predicted octanol–water partition coefficient (Wildman–Crippen LogP) is 1.89. The smallest absolute Gasteiger partial charge is 0.237 e. The van der Waals surface area contributed by atoms with Crippen LogP contribution in [0, 0.1) is 6.92 Å². The van der Waals surface area contributed by atoms with E-state index in [1.54, 1.807) is 17.6 Å². The van der Waals surface area contributed by atoms with E-state index in [0.29, 0.717) is 21.8 Å². The molecule has 0 saturated carbocycles. The molecule has 2 aromatic heterocycles. The number of nitrogens with one attached hydrogen (secondary N) is 1. The van der Waals surface area contributed by atoms with Crippen molar-refractivity contribution in [2.75, 3.05) is 0 Å². The van der Waals surface area contributed by atoms with E-state index in [1.807, 2.05) is 12.1 Å². The molecular weight excluding hydrogens is 324 g/mol. The lowest BCUT2D eigenvalue weighted by molar-refractivity contribution is -0.118. The van der Waals surface area contributed by atoms with Crippen molar-refractivity contribution in [2.24, 2.45) is 5.73 Å². The molecule has 2 heterocycles. The zero-order valence-corrected chi connectivity index (χ0v) is 13.3. The first-order valence-corrected chi connectivity index (χ1v) is 7.84. The van der Waals surface area contributed by atoms with E-state index in [0.717, 1.165) is 16.9 Å². The zero-order chi connectivity index (χ0) is 15.7. The van der Waals surface area contributed by atoms with Gasteiger partial charge in [-0.05, 0) is 25.1 Å². The number of aromatic amines is 1. The lowest BCUT2D eigenvalue weighted by Gasteiger charge is -2.04. The molecule has 0 atom stereocenters. The molecule has 3 rings (SSSR count). The maximum Gasteiger partial charge on any atom is 0.237 e. The monoisotopic (exact) mass is 336 g/mol. The minimum Gasteiger partial charge on any atom is -0.368 e. The SMILES string of the molecule is Cc1nnc(SCc2nc3ccc(Cl)cc3[nH]2)n1CC(N)=O. The molecule has 0 bridgehead atoms. The highest BCUT2D eigenvalue weighted by Gasteiger charge is 2.12. The molecule has 3 N–H and O–H groups in total. The highest BCUT2D eigenvalue weighted by Crippen LogP contribution is 2.23. The summed E-state index contributed by atoms with van der Waals surface area (Å²) in [7, 11) is 0. The summed E-state index contributed by atoms with van der Waals surface area (Å²) in [5.74, 6) is 1.60. The molecule has 22 heavy (non-hydrogen) atoms. The zero-order valence-electron chi connectivity index (χ0n) is 11.7. The number of aromatic nitrogens is 5. The summed E-state index contributed by atoms with van der Waals surface area (Å²) in [6.45, 7) is 1.85. The van der Waals surface area contributed by atoms with Crippen molar-refractivity contribution >= 4 is 40.3 Å². The van der Waals surface area contributed by atoms with Crippen LogP contribution in [0.5, 0.6) is 0 Å². The molecule has 0 aliphatic carbocycles. The van der Waals surface area contributed by atoms with Crippen LogP contribution in [0.4, 0.5) is 0 Å². The topological polar surface area (TPSA) is 102 Å². The fourth-order valence-corrected chi connectivity index (χ4v) is 3.07. The van der Waals surface area contributed by atoms with Gasteiger partial charge in [0.15, 0.2) is 5.16 Å². The number of fused-ring (bicyclic) bond motifs is 1. The number of primary amides is 1. The van der Waals surface area contributed by atoms with Crippen molar-refractivity contribution in [1.29, 1.82) is 0 Å². The number of hydrogen-bond donors (Lipinski definition) is 2. The van der Waals surface area contributed by atoms with Crippen molar-refractivity contribution in [3.05, 3.63) is 34.9 Å². The van der Waals surface area contributed by atoms with Crippen LogP contribution in [0.25, 0.3) is 11.0 Å². The van der Waals surface area contributed by atoms with E-state index in [1.165, 1.54) is 11.8 Å². The highest BCUT2D eigenvalue weighted by molar-refractivity contribution is 7.98. The first-order chi connectivity index (χ1) is 10.5. The number of amides is 1. The van der Waals surface area contributed by atoms with Crippen LogP contribution in [-0.2, 0) is 17.1 Å². The van der Waals surface area contributed by atoms with Crippen molar-refractivity contribution in [1.82, 2.24) is 24.7 Å². The van der Waals surface area contributed by atoms with E-state index in [9.17, 15) is 4.79 Å². The Morgan fingerprint density at radius 1 is 1.45 bits per heavy atom. The Morgan fingerprint density at radius 2 is 2.27 bits per heavy atom. The number of nitrogens with two attached hydrogens (primary N) is 1. The molecule has 3 aromatic rings. The van der Waals surface area contributed by atoms with Gasteiger partial charge < -0.3 is 10.7 Å². The average Bonchev–Trinajstić information content (AvgIpc) is 3.00. The van der Waals surface area contributed by atoms with Crippen molar-refractivity contribution in [2.45, 2.75) is 24.4 Å². The number of nitrogens with zero attached hydrogens (tertiary/aromatic N) is 4. The Labute approximate surface area is 135 Å². The summed E-state index contributed by atoms with van der Waals surface area (Å²) >= 11 is 7.39. The number of carbonyl (C=O) groups excluding carboxylic acids is 1. The molecule has 0 fully saturated rings. The molecule has 7 nitrogen and oxygen atoms in total. The Hall–Kier alpha value is -2.06. The summed E-state index contributed by atoms with van der Waals surface area (Å²) in [6.07, 6.45) is 0. The second-order valence-corrected chi connectivity index (χ2v) is 6.09. The second-order valence-electron chi connectivity index (χ2n) is 4.72. The predicted molar refractivity (Wildman–Crippen MR) is 84.6 cm³/mol. The molecule has 0 radical (unpaired) electrons. The molecular formula is C13H13ClN6OS. The minimum atomic E-state index is -0.428. The van der Waals surface area contributed by atoms with Gasteiger partial charge in [0.25, 0.3) is 0 Å². The van der Waals surface area contributed by atoms with Gasteiger partial charge in [-0.25, -0.2) is 4.98 Å². The van der Waals surface area contributed by atoms with E-state index in [-0.39, 0.29) is 6.54 Å². The molecule has 0 saturated heterocycles. The Morgan fingerprint density at radius 3 is 3.05 bits per heavy atom. The summed E-state index contributed by atoms with van der Waals surface area (Å²) in [5, 5.41) is 9.32. The van der Waals surface area contributed by atoms with Gasteiger partial charge >= 0.3 is 0 Å². The van der Waals surface area contributed by atoms with Crippen LogP contribution in [0.2, 0.25) is 5.02 Å². The van der Waals surface area contributed by atoms with Crippen LogP contribution in [0.15, 0.2) is 23.4 Å². The van der Waals surface area contributed by atoms with Crippen molar-refractivity contribution in [3.63, 3.8) is 0 Å². The molecule has 9 heteroatoms. The number of aryl methyl sites for hydroxylation is 1. The minimum absolute atomic E-state index is 0.0664. The van der Waals surface area contributed by atoms with Gasteiger partial charge in [-0.2, -0.15) is 0 Å². The van der Waals surface area contributed by atoms with Gasteiger partial charge in [0, 0.05) is 5.02 Å². The quantitative estimate of drug-likeness (QED) is 0.693. The highest BCUT2D eigenvalue weighted by atomic mass is 35.5. The number of thioether (sulfide) groups is 1. The maximum absolute atomic E-state index is 11.1. The number of carbonyl (C=O) groups is 1. The van der Waals surface area contributed by atoms with E-state index >= 15 is 0 Å². The number of rotatable bonds is 5. The molecule has 1 amide bonds. The molecule has 114 valence electrons. The number of H-pyrrole nitrogens is 1. The average molecular weight is 337 g/mol. The van der Waals surface area contributed by atoms with Gasteiger partial charge in [0.05, 0.1) is 16.8 Å². The molecule has 0 aliphatic heterocycles. The van der Waals surface area contributed by atoms with Crippen molar-refractivity contribution < 1.29 is 4.79 Å². The summed E-state index contributed by atoms with van der Waals surface area (Å²) in [6, 6.07) is 5.49. The van der Waals surface area contributed by atoms with Crippen LogP contribution in [0.3, 0.4) is 0 Å². The van der Waals surface area contributed by atoms with Gasteiger partial charge in [-0.15, -0.1) is 10.2 Å². The van der Waals surface area contributed by atoms with Crippen molar-refractivity contribution in [3.8, 4) is 0 Å². The normalized spacial score (nSPS) is 11.2. The largest absolute Gasteiger partial charge is 0.368 e. The Kier molecular flexibility index (Phi) is 4.04. The molecule has 0 aliphatic rings. The lowest BCUT2D eigenvalue weighted by atomic mass is 10.3. The number of imidazole rings is 1. The van der Waals surface area contributed by atoms with Crippen LogP contribution < -0.4 is 5.73 Å². The van der Waals surface area contributed by atoms with E-state index < -0.39 is 5.91 Å². The third-order valence-corrected chi connectivity index (χ3v) is 4.26. The number of benzene rings is 1. The lowest BCUT2D eigenvalue weighted by Crippen LogP contribution is -2.20. The third-order valence-electron chi connectivity index (χ3n) is 3.05. The van der Waals surface area contributed by atoms with Crippen LogP contribution in [-0.4, -0.2) is 30.6 Å². The van der Waals surface area contributed by atoms with Gasteiger partial charge in [0.2, 0.25) is 5.91 Å². The van der Waals surface area contributed by atoms with Gasteiger partial charge in [-0.3, -0.25) is 9.36 Å². The summed E-state index contributed by atoms with van der Waals surface area (Å²) in [4.78, 5) is 18.8. The fraction of sp³-hybridized carbons (Fsp3) is 0.231. The summed E-state index contributed by atoms with van der Waals surface area (Å²) < 4.78 is 1.69. The van der Waals surface area contributed by atoms with Gasteiger partial charge in [0.1, 0.15) is 18.2 Å². The van der Waals surface area contributed by atoms with Gasteiger partial charge in [-0.1, -0.05) is 23.4 Å². The number of hydrogen-bond acceptors (Lipinski definition) is 5. The Bertz CT molecular complexity index is 842. The first-order valence-electron chi connectivity index (χ1n) is 6.48. The van der Waals surface area contributed by atoms with E-state index in [4.69, 9.17) is 17.3 Å². The molecule has 0 spiro atoms. The standard InChI is InChI=1S/C13H13ClN6OS/c1-7-18-19-13(20(7)5-11(15)21)22-6-12-16-9-3-2-8(14)4-10(9)17-12/h2-4H,5-6H2,1H3,(H2,15,21)(H,16,17). The molecule has 1 aromatic carbocycles. The first kappa shape index (κ1) is 14.9. The third kappa shape index (κ3) is 3.07.